The van der Waals surface area contributed by atoms with Crippen LogP contribution < -0.4 is 5.73 Å². The molecule has 2 aromatic rings. The van der Waals surface area contributed by atoms with Gasteiger partial charge in [0.25, 0.3) is 0 Å². The summed E-state index contributed by atoms with van der Waals surface area (Å²) < 4.78 is 2.23. The average molecular weight is 229 g/mol. The van der Waals surface area contributed by atoms with Crippen LogP contribution in [0.1, 0.15) is 30.7 Å². The minimum Gasteiger partial charge on any atom is -0.331 e. The Labute approximate surface area is 102 Å². The molecule has 0 radical (unpaired) electrons. The molecule has 0 unspecified atom stereocenters. The Morgan fingerprint density at radius 1 is 1.41 bits per heavy atom. The summed E-state index contributed by atoms with van der Waals surface area (Å²) in [5.41, 5.74) is 9.22. The van der Waals surface area contributed by atoms with E-state index in [4.69, 9.17) is 10.7 Å². The second-order valence-corrected chi connectivity index (χ2v) is 5.08. The summed E-state index contributed by atoms with van der Waals surface area (Å²) >= 11 is 0. The van der Waals surface area contributed by atoms with Crippen LogP contribution in [0.2, 0.25) is 0 Å². The van der Waals surface area contributed by atoms with Crippen molar-refractivity contribution in [2.45, 2.75) is 32.2 Å². The Kier molecular flexibility index (Phi) is 2.63. The highest BCUT2D eigenvalue weighted by molar-refractivity contribution is 5.79. The second-order valence-electron chi connectivity index (χ2n) is 5.08. The number of aryl methyl sites for hydroxylation is 1. The van der Waals surface area contributed by atoms with E-state index in [0.717, 1.165) is 23.4 Å². The van der Waals surface area contributed by atoms with Gasteiger partial charge in [-0.2, -0.15) is 0 Å². The maximum Gasteiger partial charge on any atom is 0.109 e. The van der Waals surface area contributed by atoms with E-state index in [1.807, 2.05) is 0 Å². The van der Waals surface area contributed by atoms with Crippen LogP contribution in [0.5, 0.6) is 0 Å². The van der Waals surface area contributed by atoms with Gasteiger partial charge in [-0.1, -0.05) is 31.4 Å². The van der Waals surface area contributed by atoms with E-state index in [1.165, 1.54) is 30.6 Å². The molecule has 0 spiro atoms. The first-order valence-electron chi connectivity index (χ1n) is 6.43. The number of hydrogen-bond acceptors (Lipinski definition) is 2. The molecule has 90 valence electrons. The largest absolute Gasteiger partial charge is 0.331 e. The summed E-state index contributed by atoms with van der Waals surface area (Å²) in [4.78, 5) is 4.79. The lowest BCUT2D eigenvalue weighted by molar-refractivity contribution is 0.307. The van der Waals surface area contributed by atoms with Crippen LogP contribution in [0.3, 0.4) is 0 Å². The summed E-state index contributed by atoms with van der Waals surface area (Å²) in [6, 6.07) is 6.27. The fourth-order valence-corrected chi connectivity index (χ4v) is 2.62. The predicted molar refractivity (Wildman–Crippen MR) is 69.7 cm³/mol. The molecule has 17 heavy (non-hydrogen) atoms. The van der Waals surface area contributed by atoms with Crippen molar-refractivity contribution in [3.05, 3.63) is 29.6 Å². The number of rotatable bonds is 3. The van der Waals surface area contributed by atoms with E-state index in [1.54, 1.807) is 0 Å². The van der Waals surface area contributed by atoms with Gasteiger partial charge in [0.15, 0.2) is 0 Å². The third-order valence-corrected chi connectivity index (χ3v) is 4.00. The monoisotopic (exact) mass is 229 g/mol. The molecule has 1 aromatic heterocycles. The Balaban J connectivity index is 2.04. The topological polar surface area (TPSA) is 43.8 Å². The van der Waals surface area contributed by atoms with Crippen LogP contribution in [0.4, 0.5) is 0 Å². The van der Waals surface area contributed by atoms with E-state index >= 15 is 0 Å². The lowest BCUT2D eigenvalue weighted by atomic mass is 9.83. The molecule has 3 heteroatoms. The predicted octanol–water partition coefficient (Wildman–Crippen LogP) is 2.37. The third-order valence-electron chi connectivity index (χ3n) is 4.00. The molecule has 1 aromatic carbocycles. The van der Waals surface area contributed by atoms with E-state index in [2.05, 4.69) is 29.8 Å². The van der Waals surface area contributed by atoms with Crippen LogP contribution >= 0.6 is 0 Å². The van der Waals surface area contributed by atoms with Crippen molar-refractivity contribution >= 4 is 11.0 Å². The molecule has 3 nitrogen and oxygen atoms in total. The maximum atomic E-state index is 5.76. The van der Waals surface area contributed by atoms with Gasteiger partial charge < -0.3 is 10.3 Å². The van der Waals surface area contributed by atoms with Crippen LogP contribution in [-0.4, -0.2) is 9.55 Å². The minimum atomic E-state index is 0.567. The third kappa shape index (κ3) is 1.75. The standard InChI is InChI=1S/C14H19N3/c1-17-12-7-3-6-11(9-15)14(12)16-13(17)8-10-4-2-5-10/h3,6-7,10H,2,4-5,8-9,15H2,1H3. The molecular weight excluding hydrogens is 210 g/mol. The van der Waals surface area contributed by atoms with E-state index < -0.39 is 0 Å². The van der Waals surface area contributed by atoms with Gasteiger partial charge in [0.1, 0.15) is 5.82 Å². The van der Waals surface area contributed by atoms with Crippen molar-refractivity contribution in [1.82, 2.24) is 9.55 Å². The van der Waals surface area contributed by atoms with Gasteiger partial charge in [0, 0.05) is 20.0 Å². The fourth-order valence-electron chi connectivity index (χ4n) is 2.62. The summed E-state index contributed by atoms with van der Waals surface area (Å²) in [7, 11) is 2.11. The fraction of sp³-hybridized carbons (Fsp3) is 0.500. The molecule has 0 bridgehead atoms. The van der Waals surface area contributed by atoms with E-state index in [9.17, 15) is 0 Å². The first-order valence-corrected chi connectivity index (χ1v) is 6.43. The highest BCUT2D eigenvalue weighted by Gasteiger charge is 2.20. The number of hydrogen-bond donors (Lipinski definition) is 1. The first kappa shape index (κ1) is 10.8. The summed E-state index contributed by atoms with van der Waals surface area (Å²) in [6.45, 7) is 0.567. The Bertz CT molecular complexity index is 538. The van der Waals surface area contributed by atoms with E-state index in [0.29, 0.717) is 6.54 Å². The van der Waals surface area contributed by atoms with Crippen LogP contribution in [0, 0.1) is 5.92 Å². The zero-order chi connectivity index (χ0) is 11.8. The number of nitrogens with zero attached hydrogens (tertiary/aromatic N) is 2. The molecule has 0 atom stereocenters. The molecule has 0 saturated heterocycles. The number of benzene rings is 1. The zero-order valence-electron chi connectivity index (χ0n) is 10.3. The normalized spacial score (nSPS) is 16.4. The number of nitrogens with two attached hydrogens (primary N) is 1. The van der Waals surface area contributed by atoms with Gasteiger partial charge >= 0.3 is 0 Å². The number of imidazole rings is 1. The lowest BCUT2D eigenvalue weighted by Crippen LogP contribution is -2.16. The van der Waals surface area contributed by atoms with Gasteiger partial charge in [-0.05, 0) is 17.5 Å². The van der Waals surface area contributed by atoms with Crippen molar-refractivity contribution in [3.63, 3.8) is 0 Å². The first-order chi connectivity index (χ1) is 8.29. The van der Waals surface area contributed by atoms with Crippen molar-refractivity contribution in [2.24, 2.45) is 18.7 Å². The molecule has 0 amide bonds. The maximum absolute atomic E-state index is 5.76. The summed E-state index contributed by atoms with van der Waals surface area (Å²) in [5.74, 6) is 2.07. The van der Waals surface area contributed by atoms with Crippen molar-refractivity contribution < 1.29 is 0 Å². The van der Waals surface area contributed by atoms with Gasteiger partial charge in [-0.15, -0.1) is 0 Å². The Morgan fingerprint density at radius 2 is 2.24 bits per heavy atom. The number of para-hydroxylation sites is 1. The molecule has 3 rings (SSSR count). The van der Waals surface area contributed by atoms with Crippen LogP contribution in [-0.2, 0) is 20.0 Å². The number of fused-ring (bicyclic) bond motifs is 1. The minimum absolute atomic E-state index is 0.567. The van der Waals surface area contributed by atoms with Crippen LogP contribution in [0.15, 0.2) is 18.2 Å². The van der Waals surface area contributed by atoms with Gasteiger partial charge in [-0.25, -0.2) is 4.98 Å². The molecule has 1 saturated carbocycles. The molecule has 1 aliphatic carbocycles. The molecular formula is C14H19N3. The molecule has 1 aliphatic rings. The van der Waals surface area contributed by atoms with Gasteiger partial charge in [0.2, 0.25) is 0 Å². The molecule has 1 fully saturated rings. The second kappa shape index (κ2) is 4.15. The molecule has 1 heterocycles. The van der Waals surface area contributed by atoms with Crippen molar-refractivity contribution in [1.29, 1.82) is 0 Å². The Hall–Kier alpha value is -1.35. The quantitative estimate of drug-likeness (QED) is 0.878. The molecule has 2 N–H and O–H groups in total. The Morgan fingerprint density at radius 3 is 2.88 bits per heavy atom. The molecule has 0 aliphatic heterocycles. The van der Waals surface area contributed by atoms with Crippen LogP contribution in [0.25, 0.3) is 11.0 Å². The van der Waals surface area contributed by atoms with E-state index in [-0.39, 0.29) is 0 Å². The number of aromatic nitrogens is 2. The SMILES string of the molecule is Cn1c(CC2CCC2)nc2c(CN)cccc21. The smallest absolute Gasteiger partial charge is 0.109 e. The summed E-state index contributed by atoms with van der Waals surface area (Å²) in [5, 5.41) is 0. The zero-order valence-corrected chi connectivity index (χ0v) is 10.3. The van der Waals surface area contributed by atoms with Crippen molar-refractivity contribution in [2.75, 3.05) is 0 Å². The van der Waals surface area contributed by atoms with Gasteiger partial charge in [0.05, 0.1) is 11.0 Å². The van der Waals surface area contributed by atoms with Crippen molar-refractivity contribution in [3.8, 4) is 0 Å². The summed E-state index contributed by atoms with van der Waals surface area (Å²) in [6.07, 6.45) is 5.25. The highest BCUT2D eigenvalue weighted by Crippen LogP contribution is 2.30. The lowest BCUT2D eigenvalue weighted by Gasteiger charge is -2.24. The van der Waals surface area contributed by atoms with Gasteiger partial charge in [-0.3, -0.25) is 0 Å². The highest BCUT2D eigenvalue weighted by atomic mass is 15.1. The average Bonchev–Trinajstić information content (AvgIpc) is 2.61.